The molecule has 4 atom stereocenters. The third-order valence-corrected chi connectivity index (χ3v) is 6.14. The molecular formula is C21H27N3O2. The number of fused-ring (bicyclic) bond motifs is 2. The molecule has 1 aromatic heterocycles. The average molecular weight is 353 g/mol. The minimum Gasteiger partial charge on any atom is -0.346 e. The van der Waals surface area contributed by atoms with Crippen LogP contribution in [0.2, 0.25) is 0 Å². The molecule has 2 bridgehead atoms. The van der Waals surface area contributed by atoms with Gasteiger partial charge in [0.05, 0.1) is 11.8 Å². The second-order valence-corrected chi connectivity index (χ2v) is 7.97. The van der Waals surface area contributed by atoms with Crippen molar-refractivity contribution >= 4 is 5.91 Å². The van der Waals surface area contributed by atoms with Crippen molar-refractivity contribution in [1.29, 1.82) is 0 Å². The Balaban J connectivity index is 1.62. The second-order valence-electron chi connectivity index (χ2n) is 7.97. The summed E-state index contributed by atoms with van der Waals surface area (Å²) in [4.78, 5) is 19.7. The summed E-state index contributed by atoms with van der Waals surface area (Å²) in [5.74, 6) is 2.56. The van der Waals surface area contributed by atoms with Crippen LogP contribution in [0.1, 0.15) is 50.0 Å². The highest BCUT2D eigenvalue weighted by atomic mass is 16.5. The number of carbonyl (C=O) groups excluding carboxylic acids is 1. The molecule has 138 valence electrons. The molecule has 2 fully saturated rings. The molecule has 5 nitrogen and oxygen atoms in total. The summed E-state index contributed by atoms with van der Waals surface area (Å²) in [6, 6.07) is 8.12. The number of nitrogens with zero attached hydrogens (tertiary/aromatic N) is 3. The fourth-order valence-corrected chi connectivity index (χ4v) is 4.97. The van der Waals surface area contributed by atoms with Crippen LogP contribution in [-0.4, -0.2) is 34.5 Å². The van der Waals surface area contributed by atoms with Crippen molar-refractivity contribution in [3.63, 3.8) is 0 Å². The molecular weight excluding hydrogens is 326 g/mol. The van der Waals surface area contributed by atoms with Crippen LogP contribution in [0.5, 0.6) is 0 Å². The lowest BCUT2D eigenvalue weighted by Crippen LogP contribution is -2.39. The van der Waals surface area contributed by atoms with Gasteiger partial charge in [0.25, 0.3) is 0 Å². The molecule has 26 heavy (non-hydrogen) atoms. The Morgan fingerprint density at radius 3 is 2.88 bits per heavy atom. The quantitative estimate of drug-likeness (QED) is 0.814. The molecule has 0 radical (unpaired) electrons. The Morgan fingerprint density at radius 2 is 2.12 bits per heavy atom. The lowest BCUT2D eigenvalue weighted by Gasteiger charge is -2.31. The highest BCUT2D eigenvalue weighted by Gasteiger charge is 2.54. The van der Waals surface area contributed by atoms with Gasteiger partial charge >= 0.3 is 0 Å². The number of amides is 1. The predicted molar refractivity (Wildman–Crippen MR) is 99.5 cm³/mol. The van der Waals surface area contributed by atoms with E-state index in [2.05, 4.69) is 31.1 Å². The summed E-state index contributed by atoms with van der Waals surface area (Å²) >= 11 is 0. The smallest absolute Gasteiger partial charge is 0.231 e. The van der Waals surface area contributed by atoms with Crippen LogP contribution in [0.3, 0.4) is 0 Å². The molecule has 4 rings (SSSR count). The highest BCUT2D eigenvalue weighted by molar-refractivity contribution is 5.80. The van der Waals surface area contributed by atoms with Crippen molar-refractivity contribution in [2.45, 2.75) is 45.4 Å². The van der Waals surface area contributed by atoms with E-state index in [9.17, 15) is 4.79 Å². The Hall–Kier alpha value is -2.17. The maximum Gasteiger partial charge on any atom is 0.231 e. The van der Waals surface area contributed by atoms with E-state index >= 15 is 0 Å². The normalized spacial score (nSPS) is 27.0. The molecule has 0 spiro atoms. The molecule has 5 heteroatoms. The Labute approximate surface area is 154 Å². The van der Waals surface area contributed by atoms with Gasteiger partial charge < -0.3 is 9.42 Å². The molecule has 0 N–H and O–H groups in total. The number of hydrogen-bond donors (Lipinski definition) is 0. The number of aromatic nitrogens is 2. The van der Waals surface area contributed by atoms with Crippen molar-refractivity contribution in [2.75, 3.05) is 13.6 Å². The van der Waals surface area contributed by atoms with Crippen molar-refractivity contribution in [3.8, 4) is 11.4 Å². The van der Waals surface area contributed by atoms with Crippen LogP contribution in [0, 0.1) is 24.7 Å². The Kier molecular flexibility index (Phi) is 4.55. The van der Waals surface area contributed by atoms with Crippen LogP contribution in [0.25, 0.3) is 11.4 Å². The van der Waals surface area contributed by atoms with Gasteiger partial charge in [-0.3, -0.25) is 4.79 Å². The van der Waals surface area contributed by atoms with E-state index in [-0.39, 0.29) is 17.7 Å². The first kappa shape index (κ1) is 17.3. The zero-order chi connectivity index (χ0) is 18.3. The van der Waals surface area contributed by atoms with Gasteiger partial charge in [-0.2, -0.15) is 4.98 Å². The van der Waals surface area contributed by atoms with E-state index in [1.807, 2.05) is 24.1 Å². The van der Waals surface area contributed by atoms with Gasteiger partial charge in [0.1, 0.15) is 0 Å². The van der Waals surface area contributed by atoms with Gasteiger partial charge in [-0.05, 0) is 50.5 Å². The van der Waals surface area contributed by atoms with E-state index in [0.29, 0.717) is 23.6 Å². The molecule has 0 saturated heterocycles. The third-order valence-electron chi connectivity index (χ3n) is 6.14. The number of carbonyl (C=O) groups is 1. The topological polar surface area (TPSA) is 59.2 Å². The number of aryl methyl sites for hydroxylation is 1. The molecule has 2 saturated carbocycles. The van der Waals surface area contributed by atoms with E-state index in [1.54, 1.807) is 0 Å². The Morgan fingerprint density at radius 1 is 1.31 bits per heavy atom. The lowest BCUT2D eigenvalue weighted by atomic mass is 9.78. The van der Waals surface area contributed by atoms with Crippen LogP contribution < -0.4 is 0 Å². The molecule has 1 heterocycles. The average Bonchev–Trinajstić information content (AvgIpc) is 3.36. The summed E-state index contributed by atoms with van der Waals surface area (Å²) in [5.41, 5.74) is 2.14. The molecule has 2 aliphatic carbocycles. The summed E-state index contributed by atoms with van der Waals surface area (Å²) in [6.07, 6.45) is 4.41. The van der Waals surface area contributed by atoms with Crippen molar-refractivity contribution in [3.05, 3.63) is 35.7 Å². The van der Waals surface area contributed by atoms with Gasteiger partial charge in [0.2, 0.25) is 17.6 Å². The molecule has 0 aliphatic heterocycles. The van der Waals surface area contributed by atoms with Crippen LogP contribution in [-0.2, 0) is 4.79 Å². The van der Waals surface area contributed by atoms with Gasteiger partial charge in [0.15, 0.2) is 0 Å². The summed E-state index contributed by atoms with van der Waals surface area (Å²) < 4.78 is 5.68. The lowest BCUT2D eigenvalue weighted by molar-refractivity contribution is -0.136. The van der Waals surface area contributed by atoms with Crippen molar-refractivity contribution in [2.24, 2.45) is 17.8 Å². The third kappa shape index (κ3) is 2.93. The van der Waals surface area contributed by atoms with E-state index in [4.69, 9.17) is 9.51 Å². The van der Waals surface area contributed by atoms with Crippen molar-refractivity contribution < 1.29 is 9.32 Å². The molecule has 1 aromatic carbocycles. The second kappa shape index (κ2) is 6.86. The maximum absolute atomic E-state index is 13.1. The number of hydrogen-bond acceptors (Lipinski definition) is 4. The van der Waals surface area contributed by atoms with Gasteiger partial charge in [-0.25, -0.2) is 0 Å². The van der Waals surface area contributed by atoms with E-state index < -0.39 is 0 Å². The maximum atomic E-state index is 13.1. The summed E-state index contributed by atoms with van der Waals surface area (Å²) in [7, 11) is 1.92. The highest BCUT2D eigenvalue weighted by Crippen LogP contribution is 2.56. The molecule has 0 unspecified atom stereocenters. The van der Waals surface area contributed by atoms with E-state index in [0.717, 1.165) is 31.4 Å². The Bertz CT molecular complexity index is 800. The van der Waals surface area contributed by atoms with Gasteiger partial charge in [0, 0.05) is 19.2 Å². The predicted octanol–water partition coefficient (Wildman–Crippen LogP) is 4.04. The fourth-order valence-electron chi connectivity index (χ4n) is 4.97. The largest absolute Gasteiger partial charge is 0.346 e. The number of rotatable bonds is 5. The summed E-state index contributed by atoms with van der Waals surface area (Å²) in [6.45, 7) is 4.96. The molecule has 2 aliphatic rings. The van der Waals surface area contributed by atoms with Crippen LogP contribution in [0.15, 0.2) is 28.8 Å². The minimum atomic E-state index is -0.00360. The summed E-state index contributed by atoms with van der Waals surface area (Å²) in [5, 5.41) is 4.22. The number of benzene rings is 1. The van der Waals surface area contributed by atoms with Gasteiger partial charge in [-0.1, -0.05) is 35.8 Å². The standard InChI is InChI=1S/C21H27N3O2/c1-4-10-24(3)21(25)18-15-9-8-14(12-15)17(18)20-22-19(23-26-20)16-7-5-6-13(2)11-16/h5-7,11,14-15,17-18H,4,8-10,12H2,1-3H3/t14-,15+,17+,18+/m1/s1. The van der Waals surface area contributed by atoms with E-state index in [1.165, 1.54) is 12.0 Å². The zero-order valence-corrected chi connectivity index (χ0v) is 15.8. The van der Waals surface area contributed by atoms with Gasteiger partial charge in [-0.15, -0.1) is 0 Å². The first-order valence-electron chi connectivity index (χ1n) is 9.74. The first-order valence-corrected chi connectivity index (χ1v) is 9.74. The minimum absolute atomic E-state index is 0.00360. The van der Waals surface area contributed by atoms with Crippen molar-refractivity contribution in [1.82, 2.24) is 15.0 Å². The van der Waals surface area contributed by atoms with Crippen LogP contribution >= 0.6 is 0 Å². The molecule has 1 amide bonds. The zero-order valence-electron chi connectivity index (χ0n) is 15.8. The first-order chi connectivity index (χ1) is 12.6. The molecule has 2 aromatic rings. The fraction of sp³-hybridized carbons (Fsp3) is 0.571. The van der Waals surface area contributed by atoms with Crippen LogP contribution in [0.4, 0.5) is 0 Å². The monoisotopic (exact) mass is 353 g/mol. The SMILES string of the molecule is CCCN(C)C(=O)[C@H]1[C@H]2CC[C@H](C2)[C@@H]1c1nc(-c2cccc(C)c2)no1.